The Morgan fingerprint density at radius 3 is 2.32 bits per heavy atom. The third-order valence-corrected chi connectivity index (χ3v) is 7.23. The fourth-order valence-corrected chi connectivity index (χ4v) is 4.85. The number of unbranched alkanes of at least 4 members (excludes halogenated alkanes) is 1. The Kier molecular flexibility index (Phi) is 8.45. The number of fused-ring (bicyclic) bond motifs is 1. The lowest BCUT2D eigenvalue weighted by molar-refractivity contribution is 0.0655. The summed E-state index contributed by atoms with van der Waals surface area (Å²) < 4.78 is 1.69. The lowest BCUT2D eigenvalue weighted by atomic mass is 10.0. The molecule has 0 bridgehead atoms. The smallest absolute Gasteiger partial charge is 0.266 e. The Hall–Kier alpha value is -3.73. The van der Waals surface area contributed by atoms with Crippen molar-refractivity contribution in [3.05, 3.63) is 105 Å². The first-order valence-corrected chi connectivity index (χ1v) is 13.7. The summed E-state index contributed by atoms with van der Waals surface area (Å²) in [6.45, 7) is 13.0. The van der Waals surface area contributed by atoms with Gasteiger partial charge in [-0.2, -0.15) is 0 Å². The topological polar surface area (TPSA) is 55.2 Å². The number of rotatable bonds is 9. The molecule has 0 spiro atoms. The molecule has 0 saturated carbocycles. The van der Waals surface area contributed by atoms with Gasteiger partial charge in [-0.1, -0.05) is 57.5 Å². The third-order valence-electron chi connectivity index (χ3n) is 7.23. The second kappa shape index (κ2) is 11.8. The van der Waals surface area contributed by atoms with Gasteiger partial charge in [0.2, 0.25) is 0 Å². The molecular weight excluding hydrogens is 470 g/mol. The molecule has 1 heterocycles. The molecular formula is C33H39N3O2. The highest BCUT2D eigenvalue weighted by molar-refractivity contribution is 5.94. The SMILES string of the molecule is CCCCc1ccc(C(=O)N(CC(C)C)C(C)c2nc3ccccc3c(=O)n2-c2ccc(C)c(C)c2)cc1. The summed E-state index contributed by atoms with van der Waals surface area (Å²) in [5.41, 5.74) is 5.42. The number of amides is 1. The average Bonchev–Trinajstić information content (AvgIpc) is 2.91. The average molecular weight is 510 g/mol. The maximum Gasteiger partial charge on any atom is 0.266 e. The zero-order chi connectivity index (χ0) is 27.4. The quantitative estimate of drug-likeness (QED) is 0.240. The van der Waals surface area contributed by atoms with Gasteiger partial charge in [-0.25, -0.2) is 4.98 Å². The molecule has 0 saturated heterocycles. The molecule has 0 aliphatic heterocycles. The van der Waals surface area contributed by atoms with E-state index >= 15 is 0 Å². The molecule has 0 aliphatic carbocycles. The number of aromatic nitrogens is 2. The molecule has 5 nitrogen and oxygen atoms in total. The van der Waals surface area contributed by atoms with Crippen LogP contribution in [0.15, 0.2) is 71.5 Å². The van der Waals surface area contributed by atoms with Crippen molar-refractivity contribution in [1.29, 1.82) is 0 Å². The van der Waals surface area contributed by atoms with Crippen LogP contribution >= 0.6 is 0 Å². The Morgan fingerprint density at radius 1 is 0.947 bits per heavy atom. The Bertz CT molecular complexity index is 1480. The van der Waals surface area contributed by atoms with E-state index in [1.54, 1.807) is 4.57 Å². The van der Waals surface area contributed by atoms with Gasteiger partial charge in [0, 0.05) is 12.1 Å². The number of aryl methyl sites for hydroxylation is 3. The number of para-hydroxylation sites is 1. The Morgan fingerprint density at radius 2 is 1.66 bits per heavy atom. The van der Waals surface area contributed by atoms with E-state index in [1.165, 1.54) is 5.56 Å². The van der Waals surface area contributed by atoms with Gasteiger partial charge >= 0.3 is 0 Å². The molecule has 0 N–H and O–H groups in total. The van der Waals surface area contributed by atoms with Gasteiger partial charge in [0.25, 0.3) is 11.5 Å². The molecule has 1 aromatic heterocycles. The van der Waals surface area contributed by atoms with E-state index in [4.69, 9.17) is 4.98 Å². The fraction of sp³-hybridized carbons (Fsp3) is 0.364. The predicted molar refractivity (Wildman–Crippen MR) is 156 cm³/mol. The van der Waals surface area contributed by atoms with Crippen LogP contribution < -0.4 is 5.56 Å². The van der Waals surface area contributed by atoms with Crippen LogP contribution in [0.4, 0.5) is 0 Å². The number of hydrogen-bond acceptors (Lipinski definition) is 3. The van der Waals surface area contributed by atoms with Crippen molar-refractivity contribution in [2.75, 3.05) is 6.54 Å². The van der Waals surface area contributed by atoms with Gasteiger partial charge in [0.1, 0.15) is 5.82 Å². The van der Waals surface area contributed by atoms with Crippen molar-refractivity contribution in [3.8, 4) is 5.69 Å². The number of benzene rings is 3. The summed E-state index contributed by atoms with van der Waals surface area (Å²) in [5, 5.41) is 0.561. The molecule has 1 unspecified atom stereocenters. The molecule has 3 aromatic carbocycles. The molecule has 38 heavy (non-hydrogen) atoms. The molecule has 1 amide bonds. The van der Waals surface area contributed by atoms with Crippen LogP contribution in [0.1, 0.15) is 79.5 Å². The minimum atomic E-state index is -0.427. The summed E-state index contributed by atoms with van der Waals surface area (Å²) in [6.07, 6.45) is 3.29. The van der Waals surface area contributed by atoms with Gasteiger partial charge < -0.3 is 4.90 Å². The van der Waals surface area contributed by atoms with E-state index in [2.05, 4.69) is 39.8 Å². The number of carbonyl (C=O) groups excluding carboxylic acids is 1. The second-order valence-corrected chi connectivity index (χ2v) is 10.7. The van der Waals surface area contributed by atoms with Crippen molar-refractivity contribution in [1.82, 2.24) is 14.5 Å². The van der Waals surface area contributed by atoms with Gasteiger partial charge in [0.15, 0.2) is 0 Å². The van der Waals surface area contributed by atoms with Crippen molar-refractivity contribution >= 4 is 16.8 Å². The first-order chi connectivity index (χ1) is 18.2. The van der Waals surface area contributed by atoms with E-state index in [1.807, 2.05) is 73.3 Å². The van der Waals surface area contributed by atoms with Crippen molar-refractivity contribution in [3.63, 3.8) is 0 Å². The molecule has 0 fully saturated rings. The van der Waals surface area contributed by atoms with Gasteiger partial charge in [-0.05, 0) is 92.6 Å². The van der Waals surface area contributed by atoms with Gasteiger partial charge in [0.05, 0.1) is 22.6 Å². The number of hydrogen-bond donors (Lipinski definition) is 0. The van der Waals surface area contributed by atoms with Gasteiger partial charge in [-0.3, -0.25) is 14.2 Å². The number of carbonyl (C=O) groups is 1. The Balaban J connectivity index is 1.84. The van der Waals surface area contributed by atoms with Crippen molar-refractivity contribution in [2.24, 2.45) is 5.92 Å². The normalized spacial score (nSPS) is 12.2. The summed E-state index contributed by atoms with van der Waals surface area (Å²) in [7, 11) is 0. The maximum absolute atomic E-state index is 13.9. The molecule has 0 radical (unpaired) electrons. The van der Waals surface area contributed by atoms with E-state index < -0.39 is 6.04 Å². The van der Waals surface area contributed by atoms with Crippen LogP contribution in [0.5, 0.6) is 0 Å². The monoisotopic (exact) mass is 509 g/mol. The maximum atomic E-state index is 13.9. The number of nitrogens with zero attached hydrogens (tertiary/aromatic N) is 3. The zero-order valence-corrected chi connectivity index (χ0v) is 23.5. The molecule has 4 rings (SSSR count). The van der Waals surface area contributed by atoms with Crippen LogP contribution in [0.3, 0.4) is 0 Å². The highest BCUT2D eigenvalue weighted by atomic mass is 16.2. The summed E-state index contributed by atoms with van der Waals surface area (Å²) in [6, 6.07) is 21.0. The lowest BCUT2D eigenvalue weighted by Crippen LogP contribution is -2.39. The molecule has 4 aromatic rings. The van der Waals surface area contributed by atoms with Crippen molar-refractivity contribution in [2.45, 2.75) is 66.8 Å². The third kappa shape index (κ3) is 5.72. The largest absolute Gasteiger partial charge is 0.328 e. The summed E-state index contributed by atoms with van der Waals surface area (Å²) in [5.74, 6) is 0.750. The van der Waals surface area contributed by atoms with Gasteiger partial charge in [-0.15, -0.1) is 0 Å². The fourth-order valence-electron chi connectivity index (χ4n) is 4.85. The Labute approximate surface area is 226 Å². The predicted octanol–water partition coefficient (Wildman–Crippen LogP) is 7.20. The zero-order valence-electron chi connectivity index (χ0n) is 23.5. The van der Waals surface area contributed by atoms with E-state index in [0.29, 0.717) is 28.8 Å². The van der Waals surface area contributed by atoms with Crippen molar-refractivity contribution < 1.29 is 4.79 Å². The van der Waals surface area contributed by atoms with E-state index in [-0.39, 0.29) is 17.4 Å². The van der Waals surface area contributed by atoms with Crippen LogP contribution in [-0.4, -0.2) is 26.9 Å². The van der Waals surface area contributed by atoms with Crippen LogP contribution in [0, 0.1) is 19.8 Å². The molecule has 1 atom stereocenters. The first-order valence-electron chi connectivity index (χ1n) is 13.7. The highest BCUT2D eigenvalue weighted by Crippen LogP contribution is 2.26. The highest BCUT2D eigenvalue weighted by Gasteiger charge is 2.28. The second-order valence-electron chi connectivity index (χ2n) is 10.7. The molecule has 198 valence electrons. The van der Waals surface area contributed by atoms with E-state index in [9.17, 15) is 9.59 Å². The van der Waals surface area contributed by atoms with Crippen LogP contribution in [-0.2, 0) is 6.42 Å². The lowest BCUT2D eigenvalue weighted by Gasteiger charge is -2.32. The standard InChI is InChI=1S/C33H39N3O2/c1-7-8-11-26-15-17-27(18-16-26)32(37)35(21-22(2)3)25(6)31-34-30-13-10-9-12-29(30)33(38)36(31)28-19-14-23(4)24(5)20-28/h9-10,12-20,22,25H,7-8,11,21H2,1-6H3. The molecule has 0 aliphatic rings. The molecule has 5 heteroatoms. The minimum absolute atomic E-state index is 0.0534. The van der Waals surface area contributed by atoms with Crippen LogP contribution in [0.2, 0.25) is 0 Å². The first kappa shape index (κ1) is 27.3. The summed E-state index contributed by atoms with van der Waals surface area (Å²) in [4.78, 5) is 34.7. The minimum Gasteiger partial charge on any atom is -0.328 e. The summed E-state index contributed by atoms with van der Waals surface area (Å²) >= 11 is 0. The van der Waals surface area contributed by atoms with E-state index in [0.717, 1.165) is 36.1 Å². The van der Waals surface area contributed by atoms with Crippen LogP contribution in [0.25, 0.3) is 16.6 Å².